The van der Waals surface area contributed by atoms with Crippen molar-refractivity contribution < 1.29 is 22.7 Å². The molecule has 30 heavy (non-hydrogen) atoms. The van der Waals surface area contributed by atoms with Gasteiger partial charge in [0.1, 0.15) is 5.75 Å². The Morgan fingerprint density at radius 1 is 1.07 bits per heavy atom. The average Bonchev–Trinajstić information content (AvgIpc) is 2.74. The van der Waals surface area contributed by atoms with Crippen LogP contribution in [0.25, 0.3) is 0 Å². The van der Waals surface area contributed by atoms with Gasteiger partial charge in [-0.1, -0.05) is 6.07 Å². The molecule has 0 atom stereocenters. The third-order valence-corrected chi connectivity index (χ3v) is 6.34. The molecule has 8 heteroatoms. The second-order valence-corrected chi connectivity index (χ2v) is 8.72. The molecule has 1 fully saturated rings. The van der Waals surface area contributed by atoms with E-state index in [-0.39, 0.29) is 16.9 Å². The first-order valence-corrected chi connectivity index (χ1v) is 11.7. The maximum atomic E-state index is 12.8. The first kappa shape index (κ1) is 22.1. The van der Waals surface area contributed by atoms with Crippen LogP contribution < -0.4 is 9.46 Å². The van der Waals surface area contributed by atoms with Crippen LogP contribution in [0, 0.1) is 0 Å². The molecule has 2 aromatic rings. The first-order chi connectivity index (χ1) is 14.4. The van der Waals surface area contributed by atoms with Gasteiger partial charge in [-0.05, 0) is 69.2 Å². The van der Waals surface area contributed by atoms with Gasteiger partial charge >= 0.3 is 0 Å². The number of nitrogens with one attached hydrogen (secondary N) is 1. The van der Waals surface area contributed by atoms with Crippen LogP contribution in [0.2, 0.25) is 0 Å². The molecule has 0 aliphatic carbocycles. The van der Waals surface area contributed by atoms with E-state index in [2.05, 4.69) is 4.72 Å². The maximum Gasteiger partial charge on any atom is 0.261 e. The molecule has 7 nitrogen and oxygen atoms in total. The molecular formula is C22H28N2O5S. The fourth-order valence-corrected chi connectivity index (χ4v) is 4.50. The standard InChI is InChI=1S/C22H28N2O5S/c1-3-28-19-8-10-21(11-9-19)30(26,27)23-18-7-5-6-17(16-18)22(25)24-14-12-20(13-15-24)29-4-2/h5-11,16,20,23H,3-4,12-15H2,1-2H3. The molecule has 1 saturated heterocycles. The van der Waals surface area contributed by atoms with Crippen molar-refractivity contribution in [2.24, 2.45) is 0 Å². The van der Waals surface area contributed by atoms with Gasteiger partial charge in [-0.3, -0.25) is 9.52 Å². The summed E-state index contributed by atoms with van der Waals surface area (Å²) in [6, 6.07) is 12.8. The Hall–Kier alpha value is -2.58. The van der Waals surface area contributed by atoms with E-state index >= 15 is 0 Å². The van der Waals surface area contributed by atoms with Crippen LogP contribution in [0.1, 0.15) is 37.0 Å². The van der Waals surface area contributed by atoms with Crippen LogP contribution in [0.3, 0.4) is 0 Å². The number of amides is 1. The zero-order valence-corrected chi connectivity index (χ0v) is 18.2. The minimum absolute atomic E-state index is 0.105. The SMILES string of the molecule is CCOc1ccc(S(=O)(=O)Nc2cccc(C(=O)N3CCC(OCC)CC3)c2)cc1. The number of hydrogen-bond acceptors (Lipinski definition) is 5. The number of sulfonamides is 1. The number of likely N-dealkylation sites (tertiary alicyclic amines) is 1. The maximum absolute atomic E-state index is 12.8. The molecule has 2 aromatic carbocycles. The summed E-state index contributed by atoms with van der Waals surface area (Å²) in [5.41, 5.74) is 0.802. The van der Waals surface area contributed by atoms with E-state index in [1.165, 1.54) is 12.1 Å². The highest BCUT2D eigenvalue weighted by molar-refractivity contribution is 7.92. The largest absolute Gasteiger partial charge is 0.494 e. The predicted molar refractivity (Wildman–Crippen MR) is 115 cm³/mol. The first-order valence-electron chi connectivity index (χ1n) is 10.2. The van der Waals surface area contributed by atoms with Gasteiger partial charge in [-0.15, -0.1) is 0 Å². The smallest absolute Gasteiger partial charge is 0.261 e. The molecule has 1 N–H and O–H groups in total. The number of carbonyl (C=O) groups is 1. The summed E-state index contributed by atoms with van der Waals surface area (Å²) in [6.45, 7) is 6.28. The Morgan fingerprint density at radius 3 is 2.40 bits per heavy atom. The van der Waals surface area contributed by atoms with Crippen molar-refractivity contribution in [2.45, 2.75) is 37.7 Å². The monoisotopic (exact) mass is 432 g/mol. The number of anilines is 1. The summed E-state index contributed by atoms with van der Waals surface area (Å²) in [5, 5.41) is 0. The van der Waals surface area contributed by atoms with E-state index in [1.807, 2.05) is 13.8 Å². The molecule has 1 aliphatic rings. The summed E-state index contributed by atoms with van der Waals surface area (Å²) in [7, 11) is -3.77. The van der Waals surface area contributed by atoms with Crippen LogP contribution in [0.5, 0.6) is 5.75 Å². The molecular weight excluding hydrogens is 404 g/mol. The number of carbonyl (C=O) groups excluding carboxylic acids is 1. The molecule has 0 spiro atoms. The van der Waals surface area contributed by atoms with Gasteiger partial charge in [0.15, 0.2) is 0 Å². The molecule has 1 aliphatic heterocycles. The van der Waals surface area contributed by atoms with Crippen LogP contribution in [-0.4, -0.2) is 51.6 Å². The van der Waals surface area contributed by atoms with Crippen LogP contribution in [0.4, 0.5) is 5.69 Å². The van der Waals surface area contributed by atoms with Crippen LogP contribution in [0.15, 0.2) is 53.4 Å². The van der Waals surface area contributed by atoms with Gasteiger partial charge in [0, 0.05) is 30.9 Å². The Balaban J connectivity index is 1.68. The molecule has 0 unspecified atom stereocenters. The lowest BCUT2D eigenvalue weighted by molar-refractivity contribution is 0.0146. The minimum Gasteiger partial charge on any atom is -0.494 e. The van der Waals surface area contributed by atoms with E-state index in [0.29, 0.717) is 43.3 Å². The van der Waals surface area contributed by atoms with Gasteiger partial charge in [0.25, 0.3) is 15.9 Å². The Kier molecular flexibility index (Phi) is 7.33. The van der Waals surface area contributed by atoms with Crippen LogP contribution in [-0.2, 0) is 14.8 Å². The summed E-state index contributed by atoms with van der Waals surface area (Å²) in [5.74, 6) is 0.504. The highest BCUT2D eigenvalue weighted by Crippen LogP contribution is 2.22. The van der Waals surface area contributed by atoms with Crippen molar-refractivity contribution in [1.82, 2.24) is 4.90 Å². The lowest BCUT2D eigenvalue weighted by Gasteiger charge is -2.31. The van der Waals surface area contributed by atoms with Crippen molar-refractivity contribution in [3.8, 4) is 5.75 Å². The topological polar surface area (TPSA) is 84.9 Å². The van der Waals surface area contributed by atoms with Gasteiger partial charge in [-0.25, -0.2) is 8.42 Å². The van der Waals surface area contributed by atoms with Gasteiger partial charge in [0.05, 0.1) is 17.6 Å². The lowest BCUT2D eigenvalue weighted by atomic mass is 10.1. The minimum atomic E-state index is -3.77. The molecule has 162 valence electrons. The highest BCUT2D eigenvalue weighted by atomic mass is 32.2. The van der Waals surface area contributed by atoms with E-state index in [9.17, 15) is 13.2 Å². The average molecular weight is 433 g/mol. The summed E-state index contributed by atoms with van der Waals surface area (Å²) >= 11 is 0. The molecule has 3 rings (SSSR count). The second kappa shape index (κ2) is 9.95. The van der Waals surface area contributed by atoms with Crippen molar-refractivity contribution in [3.63, 3.8) is 0 Å². The number of benzene rings is 2. The molecule has 1 amide bonds. The number of nitrogens with zero attached hydrogens (tertiary/aromatic N) is 1. The fourth-order valence-electron chi connectivity index (χ4n) is 3.46. The summed E-state index contributed by atoms with van der Waals surface area (Å²) < 4.78 is 38.9. The van der Waals surface area contributed by atoms with E-state index in [4.69, 9.17) is 9.47 Å². The molecule has 0 aromatic heterocycles. The summed E-state index contributed by atoms with van der Waals surface area (Å²) in [6.07, 6.45) is 1.82. The summed E-state index contributed by atoms with van der Waals surface area (Å²) in [4.78, 5) is 14.8. The Morgan fingerprint density at radius 2 is 1.77 bits per heavy atom. The molecule has 0 radical (unpaired) electrons. The molecule has 1 heterocycles. The fraction of sp³-hybridized carbons (Fsp3) is 0.409. The Labute approximate surface area is 178 Å². The zero-order chi connectivity index (χ0) is 21.6. The number of ether oxygens (including phenoxy) is 2. The number of piperidine rings is 1. The number of rotatable bonds is 8. The second-order valence-electron chi connectivity index (χ2n) is 7.04. The Bertz CT molecular complexity index is 952. The van der Waals surface area contributed by atoms with Crippen molar-refractivity contribution in [1.29, 1.82) is 0 Å². The molecule has 0 saturated carbocycles. The quantitative estimate of drug-likeness (QED) is 0.690. The molecule has 0 bridgehead atoms. The zero-order valence-electron chi connectivity index (χ0n) is 17.3. The normalized spacial score (nSPS) is 15.1. The third kappa shape index (κ3) is 5.52. The van der Waals surface area contributed by atoms with Gasteiger partial charge in [-0.2, -0.15) is 0 Å². The lowest BCUT2D eigenvalue weighted by Crippen LogP contribution is -2.40. The third-order valence-electron chi connectivity index (χ3n) is 4.94. The van der Waals surface area contributed by atoms with Crippen molar-refractivity contribution in [2.75, 3.05) is 31.0 Å². The van der Waals surface area contributed by atoms with E-state index in [0.717, 1.165) is 12.8 Å². The van der Waals surface area contributed by atoms with Gasteiger partial charge in [0.2, 0.25) is 0 Å². The van der Waals surface area contributed by atoms with Crippen LogP contribution >= 0.6 is 0 Å². The highest BCUT2D eigenvalue weighted by Gasteiger charge is 2.24. The van der Waals surface area contributed by atoms with Crippen molar-refractivity contribution >= 4 is 21.6 Å². The van der Waals surface area contributed by atoms with E-state index < -0.39 is 10.0 Å². The van der Waals surface area contributed by atoms with Gasteiger partial charge < -0.3 is 14.4 Å². The van der Waals surface area contributed by atoms with Crippen molar-refractivity contribution in [3.05, 3.63) is 54.1 Å². The predicted octanol–water partition coefficient (Wildman–Crippen LogP) is 3.53. The number of hydrogen-bond donors (Lipinski definition) is 1. The van der Waals surface area contributed by atoms with E-state index in [1.54, 1.807) is 41.3 Å².